The van der Waals surface area contributed by atoms with Crippen LogP contribution in [0.3, 0.4) is 0 Å². The van der Waals surface area contributed by atoms with E-state index in [1.165, 1.54) is 38.5 Å². The van der Waals surface area contributed by atoms with Crippen molar-refractivity contribution < 1.29 is 5.11 Å². The van der Waals surface area contributed by atoms with Crippen LogP contribution in [0.2, 0.25) is 0 Å². The molecule has 0 amide bonds. The lowest BCUT2D eigenvalue weighted by atomic mass is 9.48. The molecular weight excluding hydrogens is 222 g/mol. The highest BCUT2D eigenvalue weighted by atomic mass is 16.3. The maximum atomic E-state index is 9.46. The summed E-state index contributed by atoms with van der Waals surface area (Å²) in [5.41, 5.74) is 0.407. The molecule has 0 radical (unpaired) electrons. The Kier molecular flexibility index (Phi) is 3.02. The van der Waals surface area contributed by atoms with Gasteiger partial charge in [0.25, 0.3) is 0 Å². The number of nitrogens with one attached hydrogen (secondary N) is 1. The largest absolute Gasteiger partial charge is 0.394 e. The summed E-state index contributed by atoms with van der Waals surface area (Å²) in [5.74, 6) is 3.04. The smallest absolute Gasteiger partial charge is 0.0607 e. The number of hydrogen-bond acceptors (Lipinski definition) is 2. The monoisotopic (exact) mass is 251 g/mol. The van der Waals surface area contributed by atoms with Gasteiger partial charge < -0.3 is 10.4 Å². The zero-order valence-corrected chi connectivity index (χ0v) is 12.2. The summed E-state index contributed by atoms with van der Waals surface area (Å²) >= 11 is 0. The highest BCUT2D eigenvalue weighted by Gasteiger charge is 2.53. The van der Waals surface area contributed by atoms with E-state index in [-0.39, 0.29) is 12.1 Å². The van der Waals surface area contributed by atoms with Crippen LogP contribution < -0.4 is 5.32 Å². The molecule has 0 heterocycles. The lowest BCUT2D eigenvalue weighted by molar-refractivity contribution is -0.0759. The number of hydrogen-bond donors (Lipinski definition) is 2. The lowest BCUT2D eigenvalue weighted by Crippen LogP contribution is -2.59. The first-order chi connectivity index (χ1) is 8.42. The van der Waals surface area contributed by atoms with E-state index in [1.54, 1.807) is 0 Å². The zero-order chi connectivity index (χ0) is 13.0. The summed E-state index contributed by atoms with van der Waals surface area (Å²) in [5, 5.41) is 13.2. The molecule has 104 valence electrons. The maximum Gasteiger partial charge on any atom is 0.0607 e. The Morgan fingerprint density at radius 3 is 1.94 bits per heavy atom. The van der Waals surface area contributed by atoms with E-state index in [9.17, 15) is 5.11 Å². The number of aliphatic hydroxyl groups is 1. The van der Waals surface area contributed by atoms with E-state index in [2.05, 4.69) is 26.1 Å². The molecule has 0 aromatic heterocycles. The predicted octanol–water partition coefficient (Wildman–Crippen LogP) is 2.95. The van der Waals surface area contributed by atoms with Gasteiger partial charge in [0.2, 0.25) is 0 Å². The van der Waals surface area contributed by atoms with Crippen molar-refractivity contribution in [3.63, 3.8) is 0 Å². The first-order valence-corrected chi connectivity index (χ1v) is 7.81. The Labute approximate surface area is 112 Å². The van der Waals surface area contributed by atoms with Crippen molar-refractivity contribution in [3.05, 3.63) is 0 Å². The topological polar surface area (TPSA) is 32.3 Å². The molecule has 0 spiro atoms. The van der Waals surface area contributed by atoms with Crippen LogP contribution in [0, 0.1) is 23.2 Å². The fourth-order valence-electron chi connectivity index (χ4n) is 5.49. The summed E-state index contributed by atoms with van der Waals surface area (Å²) in [6.45, 7) is 6.82. The van der Waals surface area contributed by atoms with Crippen molar-refractivity contribution in [1.82, 2.24) is 5.32 Å². The second-order valence-corrected chi connectivity index (χ2v) is 8.19. The third-order valence-corrected chi connectivity index (χ3v) is 6.01. The molecule has 1 unspecified atom stereocenters. The molecule has 4 aliphatic rings. The fourth-order valence-corrected chi connectivity index (χ4v) is 5.49. The van der Waals surface area contributed by atoms with E-state index in [1.807, 2.05) is 0 Å². The van der Waals surface area contributed by atoms with E-state index >= 15 is 0 Å². The van der Waals surface area contributed by atoms with Gasteiger partial charge in [-0.05, 0) is 82.5 Å². The fraction of sp³-hybridized carbons (Fsp3) is 1.00. The van der Waals surface area contributed by atoms with E-state index < -0.39 is 0 Å². The number of aliphatic hydroxyl groups excluding tert-OH is 1. The molecule has 4 rings (SSSR count). The van der Waals surface area contributed by atoms with Crippen LogP contribution in [-0.2, 0) is 0 Å². The molecule has 0 aliphatic heterocycles. The van der Waals surface area contributed by atoms with Gasteiger partial charge in [0.15, 0.2) is 0 Å². The molecule has 0 aromatic carbocycles. The van der Waals surface area contributed by atoms with Crippen LogP contribution in [0.5, 0.6) is 0 Å². The summed E-state index contributed by atoms with van der Waals surface area (Å²) in [7, 11) is 0. The van der Waals surface area contributed by atoms with Gasteiger partial charge in [-0.3, -0.25) is 0 Å². The van der Waals surface area contributed by atoms with Crippen LogP contribution >= 0.6 is 0 Å². The molecular formula is C16H29NO. The van der Waals surface area contributed by atoms with E-state index in [0.29, 0.717) is 11.5 Å². The molecule has 4 aliphatic carbocycles. The molecule has 18 heavy (non-hydrogen) atoms. The third-order valence-electron chi connectivity index (χ3n) is 6.01. The average molecular weight is 251 g/mol. The summed E-state index contributed by atoms with van der Waals surface area (Å²) in [6, 6.07) is 0.549. The lowest BCUT2D eigenvalue weighted by Gasteiger charge is -2.59. The van der Waals surface area contributed by atoms with Gasteiger partial charge in [-0.15, -0.1) is 0 Å². The molecule has 4 fully saturated rings. The van der Waals surface area contributed by atoms with Gasteiger partial charge >= 0.3 is 0 Å². The molecule has 0 aromatic rings. The standard InChI is InChI=1S/C16H29NO/c1-11(17-15(2,3)10-18)16-7-12-4-13(8-16)6-14(5-12)9-16/h11-14,17-18H,4-10H2,1-3H3. The van der Waals surface area contributed by atoms with Crippen LogP contribution in [0.4, 0.5) is 0 Å². The minimum absolute atomic E-state index is 0.136. The van der Waals surface area contributed by atoms with Crippen LogP contribution in [0.1, 0.15) is 59.3 Å². The first kappa shape index (κ1) is 12.9. The summed E-state index contributed by atoms with van der Waals surface area (Å²) < 4.78 is 0. The second-order valence-electron chi connectivity index (χ2n) is 8.19. The van der Waals surface area contributed by atoms with Gasteiger partial charge in [0.05, 0.1) is 6.61 Å². The van der Waals surface area contributed by atoms with Gasteiger partial charge in [-0.2, -0.15) is 0 Å². The molecule has 2 nitrogen and oxygen atoms in total. The molecule has 2 heteroatoms. The van der Waals surface area contributed by atoms with E-state index in [4.69, 9.17) is 0 Å². The Bertz CT molecular complexity index is 288. The normalized spacial score (nSPS) is 44.3. The maximum absolute atomic E-state index is 9.46. The van der Waals surface area contributed by atoms with Crippen molar-refractivity contribution in [2.75, 3.05) is 6.61 Å². The summed E-state index contributed by atoms with van der Waals surface area (Å²) in [4.78, 5) is 0. The minimum Gasteiger partial charge on any atom is -0.394 e. The molecule has 2 N–H and O–H groups in total. The highest BCUT2D eigenvalue weighted by Crippen LogP contribution is 2.61. The SMILES string of the molecule is CC(NC(C)(C)CO)C12CC3CC(CC(C3)C1)C2. The first-order valence-electron chi connectivity index (χ1n) is 7.81. The molecule has 0 saturated heterocycles. The van der Waals surface area contributed by atoms with Crippen molar-refractivity contribution in [3.8, 4) is 0 Å². The quantitative estimate of drug-likeness (QED) is 0.805. The Hall–Kier alpha value is -0.0800. The van der Waals surface area contributed by atoms with Gasteiger partial charge in [-0.1, -0.05) is 0 Å². The molecule has 4 saturated carbocycles. The van der Waals surface area contributed by atoms with Crippen molar-refractivity contribution >= 4 is 0 Å². The predicted molar refractivity (Wildman–Crippen MR) is 74.4 cm³/mol. The van der Waals surface area contributed by atoms with Crippen LogP contribution in [-0.4, -0.2) is 23.3 Å². The zero-order valence-electron chi connectivity index (χ0n) is 12.2. The highest BCUT2D eigenvalue weighted by molar-refractivity contribution is 5.06. The minimum atomic E-state index is -0.136. The van der Waals surface area contributed by atoms with Crippen molar-refractivity contribution in [1.29, 1.82) is 0 Å². The Morgan fingerprint density at radius 1 is 1.11 bits per heavy atom. The van der Waals surface area contributed by atoms with Crippen molar-refractivity contribution in [2.24, 2.45) is 23.2 Å². The van der Waals surface area contributed by atoms with E-state index in [0.717, 1.165) is 17.8 Å². The van der Waals surface area contributed by atoms with Crippen molar-refractivity contribution in [2.45, 2.75) is 70.9 Å². The molecule has 4 bridgehead atoms. The van der Waals surface area contributed by atoms with Gasteiger partial charge in [0, 0.05) is 11.6 Å². The second kappa shape index (κ2) is 4.21. The molecule has 1 atom stereocenters. The van der Waals surface area contributed by atoms with Crippen LogP contribution in [0.15, 0.2) is 0 Å². The third kappa shape index (κ3) is 2.12. The van der Waals surface area contributed by atoms with Gasteiger partial charge in [0.1, 0.15) is 0 Å². The number of rotatable bonds is 4. The van der Waals surface area contributed by atoms with Crippen LogP contribution in [0.25, 0.3) is 0 Å². The average Bonchev–Trinajstić information content (AvgIpc) is 2.26. The Balaban J connectivity index is 1.75. The van der Waals surface area contributed by atoms with Gasteiger partial charge in [-0.25, -0.2) is 0 Å². The Morgan fingerprint density at radius 2 is 1.56 bits per heavy atom. The summed E-state index contributed by atoms with van der Waals surface area (Å²) in [6.07, 6.45) is 8.85.